The van der Waals surface area contributed by atoms with Gasteiger partial charge in [0.1, 0.15) is 0 Å². The molecule has 0 spiro atoms. The second kappa shape index (κ2) is 8.58. The average molecular weight is 268 g/mol. The van der Waals surface area contributed by atoms with Crippen molar-refractivity contribution in [3.05, 3.63) is 0 Å². The van der Waals surface area contributed by atoms with Crippen LogP contribution < -0.4 is 0 Å². The Morgan fingerprint density at radius 1 is 1.16 bits per heavy atom. The number of rotatable bonds is 6. The highest BCUT2D eigenvalue weighted by molar-refractivity contribution is 5.77. The third-order valence-corrected chi connectivity index (χ3v) is 2.15. The van der Waals surface area contributed by atoms with Crippen LogP contribution in [0.25, 0.3) is 0 Å². The van der Waals surface area contributed by atoms with Crippen molar-refractivity contribution < 1.29 is 19.1 Å². The maximum Gasteiger partial charge on any atom is 0.307 e. The minimum atomic E-state index is -0.415. The topological polar surface area (TPSA) is 52.6 Å². The summed E-state index contributed by atoms with van der Waals surface area (Å²) in [5.74, 6) is 4.71. The van der Waals surface area contributed by atoms with Crippen molar-refractivity contribution in [2.24, 2.45) is 5.41 Å². The predicted molar refractivity (Wildman–Crippen MR) is 73.3 cm³/mol. The summed E-state index contributed by atoms with van der Waals surface area (Å²) in [5.41, 5.74) is -0.0693. The molecule has 0 fully saturated rings. The Hall–Kier alpha value is -1.50. The minimum absolute atomic E-state index is 0.0326. The van der Waals surface area contributed by atoms with Crippen LogP contribution in [0.15, 0.2) is 0 Å². The van der Waals surface area contributed by atoms with Crippen LogP contribution >= 0.6 is 0 Å². The maximum absolute atomic E-state index is 11.5. The highest BCUT2D eigenvalue weighted by atomic mass is 16.5. The lowest BCUT2D eigenvalue weighted by Crippen LogP contribution is -2.20. The number of esters is 2. The van der Waals surface area contributed by atoms with Gasteiger partial charge < -0.3 is 9.47 Å². The van der Waals surface area contributed by atoms with Gasteiger partial charge in [0.2, 0.25) is 0 Å². The standard InChI is InChI=1S/C15H24O4/c1-6-8-12(7-2)19-14(17)10-9-13(16)18-11-15(3,4)5/h12H,7,9-11H2,1-5H3. The van der Waals surface area contributed by atoms with Crippen LogP contribution in [0.4, 0.5) is 0 Å². The molecule has 0 amide bonds. The highest BCUT2D eigenvalue weighted by Crippen LogP contribution is 2.13. The summed E-state index contributed by atoms with van der Waals surface area (Å²) in [6.07, 6.45) is 0.333. The Morgan fingerprint density at radius 3 is 2.21 bits per heavy atom. The Morgan fingerprint density at radius 2 is 1.74 bits per heavy atom. The van der Waals surface area contributed by atoms with Crippen molar-refractivity contribution in [2.75, 3.05) is 6.61 Å². The molecule has 0 aliphatic heterocycles. The Kier molecular flexibility index (Phi) is 7.90. The summed E-state index contributed by atoms with van der Waals surface area (Å²) in [6.45, 7) is 9.86. The number of ether oxygens (including phenoxy) is 2. The van der Waals surface area contributed by atoms with E-state index in [4.69, 9.17) is 9.47 Å². The largest absolute Gasteiger partial charge is 0.465 e. The van der Waals surface area contributed by atoms with E-state index in [2.05, 4.69) is 11.8 Å². The molecule has 1 unspecified atom stereocenters. The third kappa shape index (κ3) is 10.1. The van der Waals surface area contributed by atoms with Crippen molar-refractivity contribution in [2.45, 2.75) is 60.0 Å². The molecule has 0 aliphatic carbocycles. The van der Waals surface area contributed by atoms with Crippen molar-refractivity contribution in [1.82, 2.24) is 0 Å². The number of hydrogen-bond acceptors (Lipinski definition) is 4. The molecule has 0 heterocycles. The van der Waals surface area contributed by atoms with Gasteiger partial charge in [-0.15, -0.1) is 5.92 Å². The summed E-state index contributed by atoms with van der Waals surface area (Å²) < 4.78 is 10.2. The zero-order chi connectivity index (χ0) is 14.9. The fourth-order valence-electron chi connectivity index (χ4n) is 1.17. The first-order valence-electron chi connectivity index (χ1n) is 6.56. The van der Waals surface area contributed by atoms with E-state index in [9.17, 15) is 9.59 Å². The average Bonchev–Trinajstić information content (AvgIpc) is 2.32. The van der Waals surface area contributed by atoms with Gasteiger partial charge in [-0.2, -0.15) is 0 Å². The van der Waals surface area contributed by atoms with E-state index < -0.39 is 5.97 Å². The lowest BCUT2D eigenvalue weighted by Gasteiger charge is -2.17. The molecule has 0 saturated carbocycles. The molecule has 108 valence electrons. The zero-order valence-electron chi connectivity index (χ0n) is 12.5. The molecule has 4 nitrogen and oxygen atoms in total. The van der Waals surface area contributed by atoms with E-state index in [0.717, 1.165) is 0 Å². The molecule has 0 aromatic carbocycles. The summed E-state index contributed by atoms with van der Waals surface area (Å²) in [5, 5.41) is 0. The fraction of sp³-hybridized carbons (Fsp3) is 0.733. The van der Waals surface area contributed by atoms with E-state index in [1.807, 2.05) is 27.7 Å². The second-order valence-corrected chi connectivity index (χ2v) is 5.50. The number of carbonyl (C=O) groups is 2. The summed E-state index contributed by atoms with van der Waals surface area (Å²) in [6, 6.07) is 0. The van der Waals surface area contributed by atoms with Crippen molar-refractivity contribution >= 4 is 11.9 Å². The zero-order valence-corrected chi connectivity index (χ0v) is 12.5. The first kappa shape index (κ1) is 17.5. The van der Waals surface area contributed by atoms with Gasteiger partial charge in [-0.05, 0) is 18.8 Å². The summed E-state index contributed by atoms with van der Waals surface area (Å²) in [7, 11) is 0. The molecular formula is C15H24O4. The van der Waals surface area contributed by atoms with Crippen LogP contribution in [0.3, 0.4) is 0 Å². The van der Waals surface area contributed by atoms with E-state index in [-0.39, 0.29) is 30.3 Å². The Bertz CT molecular complexity index is 355. The first-order valence-corrected chi connectivity index (χ1v) is 6.56. The Balaban J connectivity index is 3.95. The number of carbonyl (C=O) groups excluding carboxylic acids is 2. The molecular weight excluding hydrogens is 244 g/mol. The molecule has 0 rings (SSSR count). The second-order valence-electron chi connectivity index (χ2n) is 5.50. The lowest BCUT2D eigenvalue weighted by atomic mass is 9.99. The monoisotopic (exact) mass is 268 g/mol. The predicted octanol–water partition coefficient (Wildman–Crippen LogP) is 2.70. The van der Waals surface area contributed by atoms with Crippen LogP contribution in [0.2, 0.25) is 0 Å². The molecule has 19 heavy (non-hydrogen) atoms. The van der Waals surface area contributed by atoms with Crippen LogP contribution in [0.5, 0.6) is 0 Å². The van der Waals surface area contributed by atoms with Gasteiger partial charge in [-0.1, -0.05) is 33.6 Å². The SMILES string of the molecule is CC#CC(CC)OC(=O)CCC(=O)OCC(C)(C)C. The number of hydrogen-bond donors (Lipinski definition) is 0. The van der Waals surface area contributed by atoms with Crippen LogP contribution in [-0.2, 0) is 19.1 Å². The quantitative estimate of drug-likeness (QED) is 0.549. The smallest absolute Gasteiger partial charge is 0.307 e. The van der Waals surface area contributed by atoms with Gasteiger partial charge in [0.05, 0.1) is 19.4 Å². The van der Waals surface area contributed by atoms with Crippen LogP contribution in [-0.4, -0.2) is 24.6 Å². The normalized spacial score (nSPS) is 12.1. The van der Waals surface area contributed by atoms with Crippen LogP contribution in [0, 0.1) is 17.3 Å². The van der Waals surface area contributed by atoms with Crippen molar-refractivity contribution in [3.8, 4) is 11.8 Å². The van der Waals surface area contributed by atoms with E-state index >= 15 is 0 Å². The molecule has 0 N–H and O–H groups in total. The van der Waals surface area contributed by atoms with Gasteiger partial charge >= 0.3 is 11.9 Å². The van der Waals surface area contributed by atoms with E-state index in [1.165, 1.54) is 0 Å². The minimum Gasteiger partial charge on any atom is -0.465 e. The van der Waals surface area contributed by atoms with E-state index in [0.29, 0.717) is 13.0 Å². The summed E-state index contributed by atoms with van der Waals surface area (Å²) in [4.78, 5) is 22.9. The molecule has 0 aliphatic rings. The molecule has 0 saturated heterocycles. The molecule has 1 atom stereocenters. The maximum atomic E-state index is 11.5. The van der Waals surface area contributed by atoms with E-state index in [1.54, 1.807) is 6.92 Å². The fourth-order valence-corrected chi connectivity index (χ4v) is 1.17. The molecule has 0 radical (unpaired) electrons. The Labute approximate surface area is 115 Å². The first-order chi connectivity index (χ1) is 8.78. The molecule has 0 aromatic rings. The molecule has 0 bridgehead atoms. The van der Waals surface area contributed by atoms with Crippen LogP contribution in [0.1, 0.15) is 53.9 Å². The van der Waals surface area contributed by atoms with Gasteiger partial charge in [-0.25, -0.2) is 0 Å². The summed E-state index contributed by atoms with van der Waals surface area (Å²) >= 11 is 0. The van der Waals surface area contributed by atoms with Gasteiger partial charge in [0, 0.05) is 0 Å². The lowest BCUT2D eigenvalue weighted by molar-refractivity contribution is -0.153. The van der Waals surface area contributed by atoms with Crippen molar-refractivity contribution in [3.63, 3.8) is 0 Å². The third-order valence-electron chi connectivity index (χ3n) is 2.15. The molecule has 4 heteroatoms. The van der Waals surface area contributed by atoms with Gasteiger partial charge in [0.15, 0.2) is 6.10 Å². The van der Waals surface area contributed by atoms with Gasteiger partial charge in [-0.3, -0.25) is 9.59 Å². The molecule has 0 aromatic heterocycles. The highest BCUT2D eigenvalue weighted by Gasteiger charge is 2.16. The van der Waals surface area contributed by atoms with Gasteiger partial charge in [0.25, 0.3) is 0 Å². The van der Waals surface area contributed by atoms with Crippen molar-refractivity contribution in [1.29, 1.82) is 0 Å².